The number of carbonyl (C=O) groups is 1. The van der Waals surface area contributed by atoms with Gasteiger partial charge in [0.2, 0.25) is 0 Å². The van der Waals surface area contributed by atoms with E-state index in [9.17, 15) is 17.6 Å². The maximum atomic E-state index is 14.6. The van der Waals surface area contributed by atoms with Crippen LogP contribution < -0.4 is 20.1 Å². The van der Waals surface area contributed by atoms with Crippen molar-refractivity contribution in [2.45, 2.75) is 58.5 Å². The molecule has 0 aliphatic carbocycles. The summed E-state index contributed by atoms with van der Waals surface area (Å²) in [5, 5.41) is -0.366. The number of hydrogen-bond donors (Lipinski definition) is 2. The van der Waals surface area contributed by atoms with Gasteiger partial charge in [0, 0.05) is 24.2 Å². The first-order valence-corrected chi connectivity index (χ1v) is 14.7. The van der Waals surface area contributed by atoms with Crippen LogP contribution in [0.4, 0.5) is 16.0 Å². The largest absolute Gasteiger partial charge is 0.493 e. The zero-order valence-corrected chi connectivity index (χ0v) is 24.3. The van der Waals surface area contributed by atoms with Gasteiger partial charge in [0.05, 0.1) is 17.9 Å². The molecule has 0 bridgehead atoms. The van der Waals surface area contributed by atoms with Crippen LogP contribution in [-0.2, 0) is 10.0 Å². The minimum atomic E-state index is -4.30. The Hall–Kier alpha value is -3.73. The number of anilines is 2. The molecule has 214 valence electrons. The van der Waals surface area contributed by atoms with Gasteiger partial charge >= 0.3 is 0 Å². The number of ether oxygens (including phenoxy) is 1. The Labute approximate surface area is 235 Å². The molecule has 1 aromatic carbocycles. The number of hydrogen-bond acceptors (Lipinski definition) is 8. The second-order valence-corrected chi connectivity index (χ2v) is 13.1. The molecular weight excluding hydrogens is 533 g/mol. The summed E-state index contributed by atoms with van der Waals surface area (Å²) in [5.41, 5.74) is 6.50. The second-order valence-electron chi connectivity index (χ2n) is 11.5. The SMILES string of the molecule is CC(C)COc1cc(F)cc(-c2ccc(C(=O)NS(=O)(=O)c3cccc(N)n3)c(N3CCC[C@@H]3C(C)(C)C)n2)c1. The molecule has 1 fully saturated rings. The molecule has 1 amide bonds. The number of halogens is 1. The molecule has 0 saturated carbocycles. The van der Waals surface area contributed by atoms with Gasteiger partial charge in [0.1, 0.15) is 23.2 Å². The van der Waals surface area contributed by atoms with Crippen LogP contribution in [0.15, 0.2) is 53.6 Å². The van der Waals surface area contributed by atoms with E-state index in [2.05, 4.69) is 30.5 Å². The van der Waals surface area contributed by atoms with Crippen molar-refractivity contribution in [3.63, 3.8) is 0 Å². The van der Waals surface area contributed by atoms with E-state index in [4.69, 9.17) is 15.5 Å². The van der Waals surface area contributed by atoms with Crippen LogP contribution in [0, 0.1) is 17.2 Å². The number of sulfonamides is 1. The van der Waals surface area contributed by atoms with Crippen LogP contribution >= 0.6 is 0 Å². The molecule has 0 unspecified atom stereocenters. The molecule has 0 spiro atoms. The van der Waals surface area contributed by atoms with Crippen molar-refractivity contribution in [3.05, 3.63) is 59.9 Å². The predicted molar refractivity (Wildman–Crippen MR) is 153 cm³/mol. The maximum Gasteiger partial charge on any atom is 0.281 e. The fourth-order valence-electron chi connectivity index (χ4n) is 4.79. The highest BCUT2D eigenvalue weighted by Gasteiger charge is 2.37. The molecule has 1 aliphatic rings. The van der Waals surface area contributed by atoms with Crippen LogP contribution in [0.5, 0.6) is 5.75 Å². The summed E-state index contributed by atoms with van der Waals surface area (Å²) in [6.45, 7) is 11.4. The fraction of sp³-hybridized carbons (Fsp3) is 0.414. The minimum absolute atomic E-state index is 0.0129. The van der Waals surface area contributed by atoms with E-state index < -0.39 is 21.7 Å². The molecule has 1 aliphatic heterocycles. The van der Waals surface area contributed by atoms with Gasteiger partial charge < -0.3 is 15.4 Å². The molecule has 3 N–H and O–H groups in total. The van der Waals surface area contributed by atoms with Gasteiger partial charge in [-0.15, -0.1) is 0 Å². The lowest BCUT2D eigenvalue weighted by molar-refractivity contribution is 0.0981. The van der Waals surface area contributed by atoms with Gasteiger partial charge in [-0.05, 0) is 60.6 Å². The van der Waals surface area contributed by atoms with E-state index in [-0.39, 0.29) is 33.8 Å². The zero-order chi connectivity index (χ0) is 29.2. The van der Waals surface area contributed by atoms with Gasteiger partial charge in [0.15, 0.2) is 5.03 Å². The van der Waals surface area contributed by atoms with E-state index in [1.165, 1.54) is 36.4 Å². The monoisotopic (exact) mass is 569 g/mol. The number of nitrogens with zero attached hydrogens (tertiary/aromatic N) is 3. The quantitative estimate of drug-likeness (QED) is 0.387. The lowest BCUT2D eigenvalue weighted by Crippen LogP contribution is -2.41. The average Bonchev–Trinajstić information content (AvgIpc) is 3.37. The number of nitrogens with one attached hydrogen (secondary N) is 1. The average molecular weight is 570 g/mol. The number of carbonyl (C=O) groups excluding carboxylic acids is 1. The zero-order valence-electron chi connectivity index (χ0n) is 23.4. The Morgan fingerprint density at radius 3 is 2.60 bits per heavy atom. The second kappa shape index (κ2) is 11.4. The van der Waals surface area contributed by atoms with Crippen LogP contribution in [0.1, 0.15) is 57.8 Å². The number of nitrogens with two attached hydrogens (primary N) is 1. The van der Waals surface area contributed by atoms with Crippen molar-refractivity contribution in [3.8, 4) is 17.0 Å². The summed E-state index contributed by atoms with van der Waals surface area (Å²) in [4.78, 5) is 24.2. The fourth-order valence-corrected chi connectivity index (χ4v) is 5.73. The molecule has 3 heterocycles. The molecular formula is C29H36FN5O4S. The number of aromatic nitrogens is 2. The molecule has 1 saturated heterocycles. The Morgan fingerprint density at radius 1 is 1.18 bits per heavy atom. The standard InChI is InChI=1S/C29H36FN5O4S/c1-18(2)17-39-21-15-19(14-20(30)16-21)23-12-11-22(27(32-23)35-13-7-8-24(35)29(3,4)5)28(36)34-40(37,38)26-10-6-9-25(31)33-26/h6,9-12,14-16,18,24H,7-8,13,17H2,1-5H3,(H2,31,33)(H,34,36)/t24-/m1/s1. The van der Waals surface area contributed by atoms with Crippen molar-refractivity contribution in [1.29, 1.82) is 0 Å². The molecule has 11 heteroatoms. The van der Waals surface area contributed by atoms with E-state index >= 15 is 0 Å². The summed E-state index contributed by atoms with van der Waals surface area (Å²) < 4.78 is 48.3. The molecule has 40 heavy (non-hydrogen) atoms. The third-order valence-electron chi connectivity index (χ3n) is 6.64. The maximum absolute atomic E-state index is 14.6. The summed E-state index contributed by atoms with van der Waals surface area (Å²) in [5.74, 6) is -0.342. The number of benzene rings is 1. The first-order chi connectivity index (χ1) is 18.7. The lowest BCUT2D eigenvalue weighted by atomic mass is 9.85. The van der Waals surface area contributed by atoms with Crippen LogP contribution in [-0.4, -0.2) is 43.5 Å². The third kappa shape index (κ3) is 6.70. The van der Waals surface area contributed by atoms with Gasteiger partial charge in [0.25, 0.3) is 15.9 Å². The summed E-state index contributed by atoms with van der Waals surface area (Å²) >= 11 is 0. The molecule has 2 aromatic heterocycles. The van der Waals surface area contributed by atoms with E-state index in [1.54, 1.807) is 12.1 Å². The first-order valence-electron chi connectivity index (χ1n) is 13.3. The van der Waals surface area contributed by atoms with Crippen LogP contribution in [0.3, 0.4) is 0 Å². The first kappa shape index (κ1) is 29.3. The van der Waals surface area contributed by atoms with Crippen molar-refractivity contribution in [1.82, 2.24) is 14.7 Å². The van der Waals surface area contributed by atoms with Gasteiger partial charge in [-0.3, -0.25) is 4.79 Å². The van der Waals surface area contributed by atoms with Crippen molar-refractivity contribution in [2.24, 2.45) is 11.3 Å². The van der Waals surface area contributed by atoms with Crippen molar-refractivity contribution in [2.75, 3.05) is 23.8 Å². The third-order valence-corrected chi connectivity index (χ3v) is 7.87. The van der Waals surface area contributed by atoms with Gasteiger partial charge in [-0.1, -0.05) is 40.7 Å². The minimum Gasteiger partial charge on any atom is -0.493 e. The summed E-state index contributed by atoms with van der Waals surface area (Å²) in [6, 6.07) is 11.7. The van der Waals surface area contributed by atoms with Gasteiger partial charge in [-0.2, -0.15) is 8.42 Å². The topological polar surface area (TPSA) is 128 Å². The van der Waals surface area contributed by atoms with E-state index in [1.807, 2.05) is 18.7 Å². The number of amides is 1. The summed E-state index contributed by atoms with van der Waals surface area (Å²) in [6.07, 6.45) is 1.77. The number of rotatable bonds is 8. The smallest absolute Gasteiger partial charge is 0.281 e. The Morgan fingerprint density at radius 2 is 1.93 bits per heavy atom. The highest BCUT2D eigenvalue weighted by Crippen LogP contribution is 2.38. The molecule has 9 nitrogen and oxygen atoms in total. The molecule has 1 atom stereocenters. The van der Waals surface area contributed by atoms with E-state index in [0.29, 0.717) is 36.0 Å². The van der Waals surface area contributed by atoms with E-state index in [0.717, 1.165) is 12.8 Å². The lowest BCUT2D eigenvalue weighted by Gasteiger charge is -2.36. The molecule has 3 aromatic rings. The van der Waals surface area contributed by atoms with Crippen LogP contribution in [0.2, 0.25) is 0 Å². The Bertz CT molecular complexity index is 1500. The Kier molecular flexibility index (Phi) is 8.34. The summed E-state index contributed by atoms with van der Waals surface area (Å²) in [7, 11) is -4.30. The predicted octanol–water partition coefficient (Wildman–Crippen LogP) is 5.03. The Balaban J connectivity index is 1.77. The molecule has 4 rings (SSSR count). The molecule has 0 radical (unpaired) electrons. The van der Waals surface area contributed by atoms with Crippen molar-refractivity contribution < 1.29 is 22.3 Å². The number of pyridine rings is 2. The van der Waals surface area contributed by atoms with Gasteiger partial charge in [-0.25, -0.2) is 19.1 Å². The van der Waals surface area contributed by atoms with Crippen LogP contribution in [0.25, 0.3) is 11.3 Å². The highest BCUT2D eigenvalue weighted by atomic mass is 32.2. The van der Waals surface area contributed by atoms with Crippen molar-refractivity contribution >= 4 is 27.6 Å². The highest BCUT2D eigenvalue weighted by molar-refractivity contribution is 7.90. The normalized spacial score (nSPS) is 15.9. The number of nitrogen functional groups attached to an aromatic ring is 1.